The van der Waals surface area contributed by atoms with Gasteiger partial charge in [0.05, 0.1) is 29.5 Å². The maximum absolute atomic E-state index is 11.0. The molecule has 0 bridgehead atoms. The van der Waals surface area contributed by atoms with Crippen LogP contribution in [-0.4, -0.2) is 156 Å². The molecule has 4 aromatic rings. The molecular formula is C85H172N26O6. The number of azo groups is 1. The number of carbonyl (C=O) groups is 5. The summed E-state index contributed by atoms with van der Waals surface area (Å²) in [5, 5.41) is 59.9. The van der Waals surface area contributed by atoms with Crippen molar-refractivity contribution in [3.05, 3.63) is 59.4 Å². The number of allylic oxidation sites excluding steroid dienone is 2. The normalized spacial score (nSPS) is 12.1. The van der Waals surface area contributed by atoms with Gasteiger partial charge in [0, 0.05) is 125 Å². The first kappa shape index (κ1) is 124. The van der Waals surface area contributed by atoms with Crippen molar-refractivity contribution in [1.29, 1.82) is 0 Å². The van der Waals surface area contributed by atoms with Gasteiger partial charge in [-0.05, 0) is 96.3 Å². The second-order valence-corrected chi connectivity index (χ2v) is 34.3. The molecule has 15 N–H and O–H groups in total. The number of hydrogen-bond donors (Lipinski definition) is 11. The SMILES string of the molecule is CC(C)/C=C(\O)C(C)C.CC(C)C(N)=O.CC(C)C(N)=O.CC(C)C1=NCN=N1.CC(C)C1=NN=NC1.CC(C)CC(=O)C(C)C.CC(C)N=C(N)C(C)C.CC(C)N=C(N)C(C)C.CC(C)NC(=O)C(C)C.CC(C)NC(=O)C(C)C.CC(C)c1cnc(C(C)C)[nH]1.CC(C)c1cnc[nH]1.CC(C)c1nn[nH]n1.CC(C)c1nn[nH]n1. The number of aliphatic hydroxyl groups is 1. The number of nitrogens with zero attached hydrogens (tertiary/aromatic N) is 16. The number of nitrogens with two attached hydrogens (primary N) is 4. The number of carbonyl (C=O) groups excluding carboxylic acids is 5. The van der Waals surface area contributed by atoms with E-state index >= 15 is 0 Å². The number of aromatic amines is 4. The third-order valence-corrected chi connectivity index (χ3v) is 14.2. The van der Waals surface area contributed by atoms with Crippen LogP contribution in [0.2, 0.25) is 0 Å². The van der Waals surface area contributed by atoms with E-state index in [1.807, 2.05) is 185 Å². The Kier molecular flexibility index (Phi) is 77.8. The fourth-order valence-corrected chi connectivity index (χ4v) is 6.38. The number of ketones is 1. The van der Waals surface area contributed by atoms with Crippen LogP contribution in [0.25, 0.3) is 0 Å². The highest BCUT2D eigenvalue weighted by atomic mass is 16.3. The highest BCUT2D eigenvalue weighted by Crippen LogP contribution is 2.16. The molecule has 0 saturated carbocycles. The molecule has 117 heavy (non-hydrogen) atoms. The molecular weight excluding hydrogens is 1480 g/mol. The van der Waals surface area contributed by atoms with Crippen molar-refractivity contribution in [2.75, 3.05) is 13.2 Å². The molecule has 32 heteroatoms. The first-order valence-electron chi connectivity index (χ1n) is 41.8. The van der Waals surface area contributed by atoms with E-state index in [1.165, 1.54) is 11.4 Å². The Labute approximate surface area is 708 Å². The average Bonchev–Trinajstić information content (AvgIpc) is 1.75. The monoisotopic (exact) mass is 1650 g/mol. The van der Waals surface area contributed by atoms with Gasteiger partial charge in [-0.1, -0.05) is 246 Å². The smallest absolute Gasteiger partial charge is 0.222 e. The predicted octanol–water partition coefficient (Wildman–Crippen LogP) is 18.2. The van der Waals surface area contributed by atoms with Crippen molar-refractivity contribution < 1.29 is 29.1 Å². The van der Waals surface area contributed by atoms with E-state index in [2.05, 4.69) is 209 Å². The molecule has 2 aliphatic rings. The molecule has 4 aromatic heterocycles. The summed E-state index contributed by atoms with van der Waals surface area (Å²) in [7, 11) is 0. The van der Waals surface area contributed by atoms with E-state index < -0.39 is 0 Å². The number of H-pyrrole nitrogens is 4. The molecule has 0 aliphatic carbocycles. The average molecular weight is 1650 g/mol. The Morgan fingerprint density at radius 2 is 0.880 bits per heavy atom. The lowest BCUT2D eigenvalue weighted by Crippen LogP contribution is -2.33. The fraction of sp³-hybridized carbons (Fsp3) is 0.776. The number of primary amides is 2. The van der Waals surface area contributed by atoms with Crippen LogP contribution >= 0.6 is 0 Å². The zero-order chi connectivity index (χ0) is 93.3. The molecule has 0 saturated heterocycles. The predicted molar refractivity (Wildman–Crippen MR) is 487 cm³/mol. The van der Waals surface area contributed by atoms with Crippen molar-refractivity contribution in [2.24, 2.45) is 135 Å². The lowest BCUT2D eigenvalue weighted by Gasteiger charge is -2.09. The van der Waals surface area contributed by atoms with Crippen LogP contribution in [0.4, 0.5) is 0 Å². The summed E-state index contributed by atoms with van der Waals surface area (Å²) >= 11 is 0. The number of aliphatic hydroxyl groups excluding tert-OH is 1. The highest BCUT2D eigenvalue weighted by Gasteiger charge is 2.12. The molecule has 6 heterocycles. The van der Waals surface area contributed by atoms with Crippen LogP contribution in [-0.2, 0) is 24.0 Å². The number of rotatable bonds is 22. The number of imidazole rings is 2. The van der Waals surface area contributed by atoms with Gasteiger partial charge in [-0.2, -0.15) is 20.7 Å². The van der Waals surface area contributed by atoms with Crippen molar-refractivity contribution in [2.45, 2.75) is 351 Å². The lowest BCUT2D eigenvalue weighted by molar-refractivity contribution is -0.125. The van der Waals surface area contributed by atoms with Crippen LogP contribution in [0.1, 0.15) is 356 Å². The second-order valence-electron chi connectivity index (χ2n) is 34.3. The number of amides is 4. The maximum Gasteiger partial charge on any atom is 0.222 e. The van der Waals surface area contributed by atoms with Crippen LogP contribution in [0.15, 0.2) is 71.2 Å². The van der Waals surface area contributed by atoms with E-state index in [1.54, 1.807) is 34.0 Å². The van der Waals surface area contributed by atoms with Gasteiger partial charge in [0.2, 0.25) is 23.6 Å². The summed E-state index contributed by atoms with van der Waals surface area (Å²) in [5.74, 6) is 11.4. The van der Waals surface area contributed by atoms with Crippen LogP contribution in [0.3, 0.4) is 0 Å². The van der Waals surface area contributed by atoms with Crippen molar-refractivity contribution in [3.63, 3.8) is 0 Å². The molecule has 6 rings (SSSR count). The second kappa shape index (κ2) is 73.5. The van der Waals surface area contributed by atoms with Crippen LogP contribution in [0, 0.1) is 71.0 Å². The van der Waals surface area contributed by atoms with Crippen molar-refractivity contribution in [1.82, 2.24) is 71.8 Å². The largest absolute Gasteiger partial charge is 0.512 e. The number of aromatic nitrogens is 12. The highest BCUT2D eigenvalue weighted by molar-refractivity contribution is 5.88. The van der Waals surface area contributed by atoms with Gasteiger partial charge in [-0.25, -0.2) is 15.0 Å². The number of aliphatic imine (C=N–C) groups is 3. The Morgan fingerprint density at radius 1 is 0.479 bits per heavy atom. The molecule has 2 aliphatic heterocycles. The summed E-state index contributed by atoms with van der Waals surface area (Å²) in [4.78, 5) is 79.3. The van der Waals surface area contributed by atoms with E-state index in [0.29, 0.717) is 102 Å². The van der Waals surface area contributed by atoms with Gasteiger partial charge >= 0.3 is 0 Å². The molecule has 0 aromatic carbocycles. The molecule has 0 fully saturated rings. The van der Waals surface area contributed by atoms with Crippen molar-refractivity contribution in [3.8, 4) is 0 Å². The van der Waals surface area contributed by atoms with E-state index in [4.69, 9.17) is 28.0 Å². The van der Waals surface area contributed by atoms with Gasteiger partial charge < -0.3 is 48.6 Å². The zero-order valence-electron chi connectivity index (χ0n) is 81.0. The Morgan fingerprint density at radius 3 is 1.01 bits per heavy atom. The first-order valence-corrected chi connectivity index (χ1v) is 41.8. The molecule has 32 nitrogen and oxygen atoms in total. The van der Waals surface area contributed by atoms with Gasteiger partial charge in [-0.3, -0.25) is 34.0 Å². The standard InChI is InChI=1S/C9H16N2.2C8H16O.2C7H16N2.2C7H15NO.C6H10N2.2C5H9N3.2C4H8N4.2C4H9NO/c1-6(2)8-5-10-9(11-8)7(3)4;2*1-6(2)5-8(9)7(3)4;2*1-5(2)7(8)9-6(3)4;2*1-5(2)7(9)8-6(3)4;1-5(2)6-3-7-4-8-6;1-4(2)5-6-3-7-8-5;1-4(2)5-3-6-8-7-5;2*1-3(2)4-5-7-8-6-4;2*1-3(2)4(5)6/h5-7H,1-4H3,(H,10,11);6-7H,5H2,1-4H3;5-7,9H,1-4H3;2*5-6H,1-4H3,(H2,8,9);2*5-6H,1-4H3,(H,8,9);3-5H,1-2H3,(H,7,8);2*4H,3H2,1-2H3;2*3H,1-2H3,(H,5,6,7,8);2*3H,1-2H3,(H2,5,6)/b;;8-5-;;;;;;;;;;;. The lowest BCUT2D eigenvalue weighted by atomic mass is 9.99. The molecule has 0 unspecified atom stereocenters. The Bertz CT molecular complexity index is 3010. The third kappa shape index (κ3) is 83.4. The summed E-state index contributed by atoms with van der Waals surface area (Å²) < 4.78 is 0. The molecule has 0 radical (unpaired) electrons. The first-order chi connectivity index (χ1) is 53.6. The number of nitrogens with one attached hydrogen (secondary N) is 6. The summed E-state index contributed by atoms with van der Waals surface area (Å²) in [6.45, 7) is 85.3. The maximum atomic E-state index is 11.0. The van der Waals surface area contributed by atoms with Gasteiger partial charge in [0.25, 0.3) is 0 Å². The topological polar surface area (TPSA) is 499 Å². The van der Waals surface area contributed by atoms with E-state index in [9.17, 15) is 24.0 Å². The summed E-state index contributed by atoms with van der Waals surface area (Å²) in [6.07, 6.45) is 8.10. The van der Waals surface area contributed by atoms with E-state index in [-0.39, 0.29) is 71.2 Å². The Balaban J connectivity index is -0.000000183. The fourth-order valence-electron chi connectivity index (χ4n) is 6.38. The van der Waals surface area contributed by atoms with Crippen molar-refractivity contribution >= 4 is 52.6 Å². The van der Waals surface area contributed by atoms with Gasteiger partial charge in [0.1, 0.15) is 24.0 Å². The number of tetrazole rings is 2. The molecule has 4 amide bonds. The number of Topliss-reactive ketones (excluding diaryl/α,β-unsaturated/α-hetero) is 1. The van der Waals surface area contributed by atoms with Crippen LogP contribution < -0.4 is 33.6 Å². The number of amidine groups is 3. The summed E-state index contributed by atoms with van der Waals surface area (Å²) in [6, 6.07) is 1.18. The van der Waals surface area contributed by atoms with Gasteiger partial charge in [0.15, 0.2) is 18.3 Å². The minimum Gasteiger partial charge on any atom is -0.512 e. The number of hydrogen-bond acceptors (Lipinski definition) is 22. The minimum atomic E-state index is -0.241. The third-order valence-electron chi connectivity index (χ3n) is 14.2. The summed E-state index contributed by atoms with van der Waals surface area (Å²) in [5.41, 5.74) is 24.2. The van der Waals surface area contributed by atoms with Crippen LogP contribution in [0.5, 0.6) is 0 Å². The molecule has 0 atom stereocenters. The van der Waals surface area contributed by atoms with Gasteiger partial charge in [-0.15, -0.1) is 30.6 Å². The minimum absolute atomic E-state index is 0.00926. The quantitative estimate of drug-likeness (QED) is 0.0198. The molecule has 0 spiro atoms. The zero-order valence-corrected chi connectivity index (χ0v) is 81.0. The Hall–Kier alpha value is -8.87. The molecule has 678 valence electrons. The van der Waals surface area contributed by atoms with E-state index in [0.717, 1.165) is 47.1 Å².